The lowest BCUT2D eigenvalue weighted by Crippen LogP contribution is -2.04. The van der Waals surface area contributed by atoms with Crippen molar-refractivity contribution in [2.75, 3.05) is 19.0 Å². The second kappa shape index (κ2) is 10.4. The summed E-state index contributed by atoms with van der Waals surface area (Å²) < 4.78 is 13.5. The van der Waals surface area contributed by atoms with Crippen LogP contribution in [0.2, 0.25) is 5.02 Å². The molecule has 1 heterocycles. The Bertz CT molecular complexity index is 1120. The molecule has 0 atom stereocenters. The molecule has 158 valence electrons. The molecule has 31 heavy (non-hydrogen) atoms. The summed E-state index contributed by atoms with van der Waals surface area (Å²) in [5.74, 6) is 3.01. The summed E-state index contributed by atoms with van der Waals surface area (Å²) in [4.78, 5) is 0. The minimum atomic E-state index is 0.505. The van der Waals surface area contributed by atoms with E-state index >= 15 is 0 Å². The van der Waals surface area contributed by atoms with Crippen molar-refractivity contribution in [2.45, 2.75) is 12.1 Å². The van der Waals surface area contributed by atoms with Crippen molar-refractivity contribution < 1.29 is 9.47 Å². The number of halogens is 1. The van der Waals surface area contributed by atoms with Gasteiger partial charge in [0.2, 0.25) is 0 Å². The van der Waals surface area contributed by atoms with Crippen LogP contribution in [0.3, 0.4) is 0 Å². The van der Waals surface area contributed by atoms with Crippen LogP contribution in [0.4, 0.5) is 0 Å². The Morgan fingerprint density at radius 2 is 1.61 bits per heavy atom. The number of ether oxygens (including phenoxy) is 2. The number of hydrogen-bond donors (Lipinski definition) is 0. The predicted molar refractivity (Wildman–Crippen MR) is 126 cm³/mol. The van der Waals surface area contributed by atoms with Crippen LogP contribution in [-0.2, 0) is 0 Å². The fraction of sp³-hybridized carbons (Fsp3) is 0.167. The Balaban J connectivity index is 1.55. The second-order valence-electron chi connectivity index (χ2n) is 6.56. The van der Waals surface area contributed by atoms with Crippen LogP contribution >= 0.6 is 23.4 Å². The van der Waals surface area contributed by atoms with Crippen molar-refractivity contribution >= 4 is 23.4 Å². The average molecular weight is 452 g/mol. The van der Waals surface area contributed by atoms with Gasteiger partial charge >= 0.3 is 0 Å². The molecule has 0 aliphatic rings. The lowest BCUT2D eigenvalue weighted by Gasteiger charge is -2.12. The molecule has 7 heteroatoms. The highest BCUT2D eigenvalue weighted by atomic mass is 35.5. The summed E-state index contributed by atoms with van der Waals surface area (Å²) >= 11 is 7.75. The molecule has 0 fully saturated rings. The maximum atomic E-state index is 6.16. The molecule has 0 spiro atoms. The van der Waals surface area contributed by atoms with Crippen LogP contribution in [-0.4, -0.2) is 33.7 Å². The third-order valence-corrected chi connectivity index (χ3v) is 5.69. The molecule has 0 saturated heterocycles. The van der Waals surface area contributed by atoms with Crippen LogP contribution in [0.25, 0.3) is 17.1 Å². The van der Waals surface area contributed by atoms with E-state index in [2.05, 4.69) is 14.8 Å². The zero-order valence-corrected chi connectivity index (χ0v) is 18.6. The first-order valence-corrected chi connectivity index (χ1v) is 11.4. The highest BCUT2D eigenvalue weighted by Gasteiger charge is 2.16. The van der Waals surface area contributed by atoms with Crippen LogP contribution in [0.5, 0.6) is 11.5 Å². The Morgan fingerprint density at radius 3 is 2.35 bits per heavy atom. The largest absolute Gasteiger partial charge is 0.494 e. The van der Waals surface area contributed by atoms with E-state index in [0.29, 0.717) is 29.7 Å². The first kappa shape index (κ1) is 21.3. The van der Waals surface area contributed by atoms with E-state index in [4.69, 9.17) is 21.1 Å². The zero-order valence-electron chi connectivity index (χ0n) is 17.1. The molecule has 5 nitrogen and oxygen atoms in total. The Kier molecular flexibility index (Phi) is 7.12. The minimum Gasteiger partial charge on any atom is -0.494 e. The summed E-state index contributed by atoms with van der Waals surface area (Å²) in [6.45, 7) is 3.11. The van der Waals surface area contributed by atoms with E-state index in [0.717, 1.165) is 28.0 Å². The molecule has 4 aromatic rings. The third kappa shape index (κ3) is 5.21. The highest BCUT2D eigenvalue weighted by molar-refractivity contribution is 7.99. The van der Waals surface area contributed by atoms with Crippen molar-refractivity contribution in [1.29, 1.82) is 0 Å². The van der Waals surface area contributed by atoms with Gasteiger partial charge in [-0.2, -0.15) is 0 Å². The van der Waals surface area contributed by atoms with Gasteiger partial charge in [0.1, 0.15) is 11.5 Å². The topological polar surface area (TPSA) is 49.2 Å². The monoisotopic (exact) mass is 451 g/mol. The van der Waals surface area contributed by atoms with Gasteiger partial charge in [-0.1, -0.05) is 65.8 Å². The fourth-order valence-corrected chi connectivity index (χ4v) is 4.03. The smallest absolute Gasteiger partial charge is 0.196 e. The molecule has 4 rings (SSSR count). The van der Waals surface area contributed by atoms with E-state index in [-0.39, 0.29) is 0 Å². The number of benzene rings is 3. The number of nitrogens with zero attached hydrogens (tertiary/aromatic N) is 3. The summed E-state index contributed by atoms with van der Waals surface area (Å²) in [5, 5.41) is 10.3. The van der Waals surface area contributed by atoms with Crippen LogP contribution in [0.15, 0.2) is 84.0 Å². The molecule has 0 unspecified atom stereocenters. The Labute approximate surface area is 191 Å². The molecule has 0 bridgehead atoms. The summed E-state index contributed by atoms with van der Waals surface area (Å²) in [7, 11) is 0. The lowest BCUT2D eigenvalue weighted by atomic mass is 10.2. The van der Waals surface area contributed by atoms with E-state index in [9.17, 15) is 0 Å². The van der Waals surface area contributed by atoms with Crippen molar-refractivity contribution in [3.63, 3.8) is 0 Å². The van der Waals surface area contributed by atoms with Crippen LogP contribution in [0, 0.1) is 0 Å². The SMILES string of the molecule is CCOc1ccc(-n2c(SCCOc3ccccc3Cl)nnc2-c2ccccc2)cc1. The van der Waals surface area contributed by atoms with Gasteiger partial charge in [-0.3, -0.25) is 4.57 Å². The van der Waals surface area contributed by atoms with Crippen molar-refractivity contribution in [1.82, 2.24) is 14.8 Å². The van der Waals surface area contributed by atoms with Crippen molar-refractivity contribution in [3.05, 3.63) is 83.9 Å². The predicted octanol–water partition coefficient (Wildman–Crippen LogP) is 6.16. The van der Waals surface area contributed by atoms with E-state index in [1.807, 2.05) is 85.8 Å². The van der Waals surface area contributed by atoms with Gasteiger partial charge in [-0.15, -0.1) is 10.2 Å². The zero-order chi connectivity index (χ0) is 21.5. The number of hydrogen-bond acceptors (Lipinski definition) is 5. The maximum absolute atomic E-state index is 6.16. The van der Waals surface area contributed by atoms with E-state index in [1.165, 1.54) is 0 Å². The van der Waals surface area contributed by atoms with Gasteiger partial charge in [0, 0.05) is 17.0 Å². The molecular formula is C24H22ClN3O2S. The van der Waals surface area contributed by atoms with Gasteiger partial charge in [0.05, 0.1) is 18.2 Å². The number of para-hydroxylation sites is 1. The second-order valence-corrected chi connectivity index (χ2v) is 8.03. The van der Waals surface area contributed by atoms with Crippen LogP contribution in [0.1, 0.15) is 6.92 Å². The average Bonchev–Trinajstić information content (AvgIpc) is 3.23. The van der Waals surface area contributed by atoms with Gasteiger partial charge in [0.15, 0.2) is 11.0 Å². The van der Waals surface area contributed by atoms with E-state index in [1.54, 1.807) is 11.8 Å². The lowest BCUT2D eigenvalue weighted by molar-refractivity contribution is 0.340. The van der Waals surface area contributed by atoms with Gasteiger partial charge in [-0.25, -0.2) is 0 Å². The van der Waals surface area contributed by atoms with Crippen molar-refractivity contribution in [3.8, 4) is 28.6 Å². The molecule has 0 amide bonds. The minimum absolute atomic E-state index is 0.505. The third-order valence-electron chi connectivity index (χ3n) is 4.48. The first-order valence-electron chi connectivity index (χ1n) is 10.0. The van der Waals surface area contributed by atoms with Gasteiger partial charge < -0.3 is 9.47 Å². The molecule has 0 aliphatic carbocycles. The molecule has 1 aromatic heterocycles. The number of aromatic nitrogens is 3. The number of thioether (sulfide) groups is 1. The highest BCUT2D eigenvalue weighted by Crippen LogP contribution is 2.29. The van der Waals surface area contributed by atoms with E-state index < -0.39 is 0 Å². The molecule has 3 aromatic carbocycles. The normalized spacial score (nSPS) is 10.8. The maximum Gasteiger partial charge on any atom is 0.196 e. The molecule has 0 N–H and O–H groups in total. The molecule has 0 radical (unpaired) electrons. The quantitative estimate of drug-likeness (QED) is 0.225. The van der Waals surface area contributed by atoms with Gasteiger partial charge in [-0.05, 0) is 43.3 Å². The molecule has 0 aliphatic heterocycles. The standard InChI is InChI=1S/C24H22ClN3O2S/c1-2-29-20-14-12-19(13-15-20)28-23(18-8-4-3-5-9-18)26-27-24(28)31-17-16-30-22-11-7-6-10-21(22)25/h3-15H,2,16-17H2,1H3. The Hall–Kier alpha value is -2.96. The fourth-order valence-electron chi connectivity index (χ4n) is 3.07. The van der Waals surface area contributed by atoms with Gasteiger partial charge in [0.25, 0.3) is 0 Å². The summed E-state index contributed by atoms with van der Waals surface area (Å²) in [6, 6.07) is 25.5. The summed E-state index contributed by atoms with van der Waals surface area (Å²) in [5.41, 5.74) is 1.98. The first-order chi connectivity index (χ1) is 15.3. The van der Waals surface area contributed by atoms with Crippen LogP contribution < -0.4 is 9.47 Å². The summed E-state index contributed by atoms with van der Waals surface area (Å²) in [6.07, 6.45) is 0. The Morgan fingerprint density at radius 1 is 0.871 bits per heavy atom. The molecular weight excluding hydrogens is 430 g/mol. The molecule has 0 saturated carbocycles. The van der Waals surface area contributed by atoms with Crippen molar-refractivity contribution in [2.24, 2.45) is 0 Å². The number of rotatable bonds is 9.